The molecule has 0 spiro atoms. The van der Waals surface area contributed by atoms with Gasteiger partial charge in [-0.2, -0.15) is 0 Å². The second-order valence-electron chi connectivity index (χ2n) is 6.12. The molecule has 1 aliphatic heterocycles. The molecule has 1 atom stereocenters. The summed E-state index contributed by atoms with van der Waals surface area (Å²) >= 11 is 0. The average Bonchev–Trinajstić information content (AvgIpc) is 2.67. The number of carbonyl (C=O) groups is 1. The molecule has 5 heteroatoms. The van der Waals surface area contributed by atoms with Crippen LogP contribution >= 0.6 is 12.4 Å². The van der Waals surface area contributed by atoms with Crippen LogP contribution in [0.1, 0.15) is 19.3 Å². The molecule has 1 heterocycles. The van der Waals surface area contributed by atoms with Gasteiger partial charge in [0.25, 0.3) is 5.91 Å². The van der Waals surface area contributed by atoms with E-state index in [2.05, 4.69) is 0 Å². The zero-order chi connectivity index (χ0) is 16.8. The molecule has 0 bridgehead atoms. The number of amides is 1. The summed E-state index contributed by atoms with van der Waals surface area (Å²) in [5.41, 5.74) is 7.89. The van der Waals surface area contributed by atoms with Gasteiger partial charge in [-0.05, 0) is 30.9 Å². The molecule has 4 nitrogen and oxygen atoms in total. The standard InChI is InChI=1S/C20H24N2O2.ClH/c21-14-17-10-6-7-13-22(17)20(23)15-24-19-12-5-4-11-18(19)16-8-2-1-3-9-16;/h1-5,8-9,11-12,17H,6-7,10,13-15,21H2;1H. The van der Waals surface area contributed by atoms with Crippen molar-refractivity contribution in [2.24, 2.45) is 5.73 Å². The van der Waals surface area contributed by atoms with Crippen molar-refractivity contribution in [3.05, 3.63) is 54.6 Å². The maximum atomic E-state index is 12.5. The highest BCUT2D eigenvalue weighted by Gasteiger charge is 2.25. The van der Waals surface area contributed by atoms with Gasteiger partial charge in [-0.3, -0.25) is 4.79 Å². The Bertz CT molecular complexity index is 678. The van der Waals surface area contributed by atoms with Gasteiger partial charge in [-0.15, -0.1) is 12.4 Å². The van der Waals surface area contributed by atoms with E-state index >= 15 is 0 Å². The van der Waals surface area contributed by atoms with E-state index in [4.69, 9.17) is 10.5 Å². The molecule has 25 heavy (non-hydrogen) atoms. The lowest BCUT2D eigenvalue weighted by atomic mass is 10.0. The zero-order valence-corrected chi connectivity index (χ0v) is 15.1. The summed E-state index contributed by atoms with van der Waals surface area (Å²) in [6.45, 7) is 1.36. The second-order valence-corrected chi connectivity index (χ2v) is 6.12. The monoisotopic (exact) mass is 360 g/mol. The van der Waals surface area contributed by atoms with Crippen LogP contribution in [-0.2, 0) is 4.79 Å². The van der Waals surface area contributed by atoms with Gasteiger partial charge in [-0.25, -0.2) is 0 Å². The third-order valence-corrected chi connectivity index (χ3v) is 4.54. The zero-order valence-electron chi connectivity index (χ0n) is 14.3. The lowest BCUT2D eigenvalue weighted by Crippen LogP contribution is -2.49. The predicted molar refractivity (Wildman–Crippen MR) is 103 cm³/mol. The van der Waals surface area contributed by atoms with Crippen LogP contribution < -0.4 is 10.5 Å². The molecule has 1 saturated heterocycles. The molecule has 0 aliphatic carbocycles. The molecule has 0 radical (unpaired) electrons. The van der Waals surface area contributed by atoms with Crippen LogP contribution in [0.2, 0.25) is 0 Å². The quantitative estimate of drug-likeness (QED) is 0.887. The number of halogens is 1. The molecule has 1 unspecified atom stereocenters. The van der Waals surface area contributed by atoms with Crippen LogP contribution in [0.3, 0.4) is 0 Å². The minimum atomic E-state index is 0. The van der Waals surface area contributed by atoms with E-state index in [1.165, 1.54) is 0 Å². The Labute approximate surface area is 155 Å². The van der Waals surface area contributed by atoms with E-state index in [0.29, 0.717) is 6.54 Å². The van der Waals surface area contributed by atoms with Gasteiger partial charge in [0.2, 0.25) is 0 Å². The topological polar surface area (TPSA) is 55.6 Å². The summed E-state index contributed by atoms with van der Waals surface area (Å²) in [7, 11) is 0. The van der Waals surface area contributed by atoms with Crippen molar-refractivity contribution in [1.82, 2.24) is 4.90 Å². The fraction of sp³-hybridized carbons (Fsp3) is 0.350. The maximum Gasteiger partial charge on any atom is 0.260 e. The van der Waals surface area contributed by atoms with Crippen LogP contribution in [0.5, 0.6) is 5.75 Å². The Kier molecular flexibility index (Phi) is 7.29. The van der Waals surface area contributed by atoms with Gasteiger partial charge in [0.15, 0.2) is 6.61 Å². The molecule has 1 amide bonds. The molecule has 0 saturated carbocycles. The van der Waals surface area contributed by atoms with Crippen molar-refractivity contribution in [2.45, 2.75) is 25.3 Å². The Morgan fingerprint density at radius 1 is 1.08 bits per heavy atom. The van der Waals surface area contributed by atoms with E-state index in [9.17, 15) is 4.79 Å². The van der Waals surface area contributed by atoms with Crippen molar-refractivity contribution >= 4 is 18.3 Å². The number of rotatable bonds is 5. The smallest absolute Gasteiger partial charge is 0.260 e. The number of carbonyl (C=O) groups excluding carboxylic acids is 1. The molecule has 2 aromatic rings. The number of nitrogens with zero attached hydrogens (tertiary/aromatic N) is 1. The number of nitrogens with two attached hydrogens (primary N) is 1. The number of benzene rings is 2. The van der Waals surface area contributed by atoms with Crippen LogP contribution in [0.25, 0.3) is 11.1 Å². The summed E-state index contributed by atoms with van der Waals surface area (Å²) in [5, 5.41) is 0. The molecular formula is C20H25ClN2O2. The maximum absolute atomic E-state index is 12.5. The molecule has 1 fully saturated rings. The normalized spacial score (nSPS) is 16.8. The largest absolute Gasteiger partial charge is 0.483 e. The number of likely N-dealkylation sites (tertiary alicyclic amines) is 1. The molecule has 0 aromatic heterocycles. The summed E-state index contributed by atoms with van der Waals surface area (Å²) < 4.78 is 5.87. The summed E-state index contributed by atoms with van der Waals surface area (Å²) in [6, 6.07) is 18.0. The fourth-order valence-corrected chi connectivity index (χ4v) is 3.25. The van der Waals surface area contributed by atoms with Crippen LogP contribution in [0.15, 0.2) is 54.6 Å². The highest BCUT2D eigenvalue weighted by molar-refractivity contribution is 5.85. The molecule has 3 rings (SSSR count). The third kappa shape index (κ3) is 4.74. The van der Waals surface area contributed by atoms with E-state index < -0.39 is 0 Å². The van der Waals surface area contributed by atoms with Gasteiger partial charge in [-0.1, -0.05) is 48.5 Å². The van der Waals surface area contributed by atoms with Crippen LogP contribution in [0, 0.1) is 0 Å². The average molecular weight is 361 g/mol. The van der Waals surface area contributed by atoms with Crippen molar-refractivity contribution in [3.8, 4) is 16.9 Å². The summed E-state index contributed by atoms with van der Waals surface area (Å²) in [5.74, 6) is 0.756. The lowest BCUT2D eigenvalue weighted by Gasteiger charge is -2.35. The Morgan fingerprint density at radius 3 is 2.56 bits per heavy atom. The Hall–Kier alpha value is -2.04. The Balaban J connectivity index is 0.00000225. The van der Waals surface area contributed by atoms with Crippen molar-refractivity contribution in [3.63, 3.8) is 0 Å². The van der Waals surface area contributed by atoms with Gasteiger partial charge in [0.05, 0.1) is 0 Å². The van der Waals surface area contributed by atoms with Crippen molar-refractivity contribution in [1.29, 1.82) is 0 Å². The van der Waals surface area contributed by atoms with E-state index in [1.54, 1.807) is 0 Å². The SMILES string of the molecule is Cl.NCC1CCCCN1C(=O)COc1ccccc1-c1ccccc1. The second kappa shape index (κ2) is 9.44. The van der Waals surface area contributed by atoms with Crippen molar-refractivity contribution in [2.75, 3.05) is 19.7 Å². The fourth-order valence-electron chi connectivity index (χ4n) is 3.25. The summed E-state index contributed by atoms with van der Waals surface area (Å²) in [6.07, 6.45) is 3.18. The summed E-state index contributed by atoms with van der Waals surface area (Å²) in [4.78, 5) is 14.4. The molecule has 1 aliphatic rings. The first-order valence-corrected chi connectivity index (χ1v) is 8.56. The minimum absolute atomic E-state index is 0. The highest BCUT2D eigenvalue weighted by atomic mass is 35.5. The van der Waals surface area contributed by atoms with Gasteiger partial charge >= 0.3 is 0 Å². The van der Waals surface area contributed by atoms with Gasteiger partial charge < -0.3 is 15.4 Å². The van der Waals surface area contributed by atoms with Gasteiger partial charge in [0, 0.05) is 24.7 Å². The van der Waals surface area contributed by atoms with E-state index in [1.807, 2.05) is 59.5 Å². The number of piperidine rings is 1. The number of hydrogen-bond acceptors (Lipinski definition) is 3. The van der Waals surface area contributed by atoms with Crippen LogP contribution in [0.4, 0.5) is 0 Å². The van der Waals surface area contributed by atoms with Gasteiger partial charge in [0.1, 0.15) is 5.75 Å². The number of hydrogen-bond donors (Lipinski definition) is 1. The first-order valence-electron chi connectivity index (χ1n) is 8.56. The number of ether oxygens (including phenoxy) is 1. The number of para-hydroxylation sites is 1. The lowest BCUT2D eigenvalue weighted by molar-refractivity contribution is -0.136. The molecule has 134 valence electrons. The molecular weight excluding hydrogens is 336 g/mol. The van der Waals surface area contributed by atoms with E-state index in [0.717, 1.165) is 42.7 Å². The predicted octanol–water partition coefficient (Wildman–Crippen LogP) is 3.49. The van der Waals surface area contributed by atoms with Crippen molar-refractivity contribution < 1.29 is 9.53 Å². The molecule has 2 aromatic carbocycles. The van der Waals surface area contributed by atoms with Crippen LogP contribution in [-0.4, -0.2) is 36.5 Å². The first kappa shape index (κ1) is 19.3. The highest BCUT2D eigenvalue weighted by Crippen LogP contribution is 2.29. The third-order valence-electron chi connectivity index (χ3n) is 4.54. The van der Waals surface area contributed by atoms with E-state index in [-0.39, 0.29) is 31.0 Å². The molecule has 2 N–H and O–H groups in total. The minimum Gasteiger partial charge on any atom is -0.483 e. The Morgan fingerprint density at radius 2 is 1.80 bits per heavy atom. The first-order chi connectivity index (χ1) is 11.8.